The van der Waals surface area contributed by atoms with Crippen LogP contribution in [-0.2, 0) is 13.0 Å². The third-order valence-electron chi connectivity index (χ3n) is 2.94. The average molecular weight is 254 g/mol. The molecule has 0 bridgehead atoms. The fraction of sp³-hybridized carbons (Fsp3) is 0.833. The molecule has 0 unspecified atom stereocenters. The first-order chi connectivity index (χ1) is 8.70. The van der Waals surface area contributed by atoms with Crippen molar-refractivity contribution in [2.45, 2.75) is 65.3 Å². The van der Waals surface area contributed by atoms with E-state index in [1.165, 1.54) is 4.68 Å². The summed E-state index contributed by atoms with van der Waals surface area (Å²) in [5.74, 6) is 0.0833. The van der Waals surface area contributed by atoms with Gasteiger partial charge in [-0.15, -0.1) is 9.78 Å². The molecule has 1 rings (SSSR count). The lowest BCUT2D eigenvalue weighted by atomic mass is 10.2. The van der Waals surface area contributed by atoms with Crippen molar-refractivity contribution < 1.29 is 4.92 Å². The van der Waals surface area contributed by atoms with Gasteiger partial charge >= 0.3 is 5.82 Å². The third-order valence-corrected chi connectivity index (χ3v) is 2.94. The lowest BCUT2D eigenvalue weighted by molar-refractivity contribution is -0.393. The van der Waals surface area contributed by atoms with Gasteiger partial charge in [-0.3, -0.25) is 0 Å². The van der Waals surface area contributed by atoms with Gasteiger partial charge in [-0.1, -0.05) is 33.1 Å². The molecule has 1 aromatic heterocycles. The first-order valence-corrected chi connectivity index (χ1v) is 6.77. The summed E-state index contributed by atoms with van der Waals surface area (Å²) in [5.41, 5.74) is 0.525. The smallest absolute Gasteiger partial charge is 0.358 e. The van der Waals surface area contributed by atoms with E-state index in [0.717, 1.165) is 38.5 Å². The summed E-state index contributed by atoms with van der Waals surface area (Å²) >= 11 is 0. The second-order valence-electron chi connectivity index (χ2n) is 4.50. The van der Waals surface area contributed by atoms with Crippen molar-refractivity contribution in [3.63, 3.8) is 0 Å². The Morgan fingerprint density at radius 2 is 1.89 bits per heavy atom. The Balaban J connectivity index is 2.66. The first-order valence-electron chi connectivity index (χ1n) is 6.77. The van der Waals surface area contributed by atoms with Crippen LogP contribution >= 0.6 is 0 Å². The Kier molecular flexibility index (Phi) is 6.32. The van der Waals surface area contributed by atoms with Gasteiger partial charge in [0.2, 0.25) is 0 Å². The largest absolute Gasteiger partial charge is 0.368 e. The van der Waals surface area contributed by atoms with Crippen molar-refractivity contribution in [1.82, 2.24) is 15.0 Å². The molecule has 0 saturated heterocycles. The first kappa shape index (κ1) is 14.6. The molecule has 0 saturated carbocycles. The Morgan fingerprint density at radius 3 is 2.50 bits per heavy atom. The van der Waals surface area contributed by atoms with E-state index in [0.29, 0.717) is 18.7 Å². The molecule has 6 heteroatoms. The highest BCUT2D eigenvalue weighted by molar-refractivity contribution is 5.25. The van der Waals surface area contributed by atoms with Gasteiger partial charge in [0.15, 0.2) is 5.69 Å². The highest BCUT2D eigenvalue weighted by Gasteiger charge is 2.22. The standard InChI is InChI=1S/C12H22N4O2/c1-3-5-7-8-10-15-12(16(17)18)11(13-14-15)9-6-4-2/h3-10H2,1-2H3. The Hall–Kier alpha value is -1.46. The van der Waals surface area contributed by atoms with Crippen molar-refractivity contribution in [1.29, 1.82) is 0 Å². The third kappa shape index (κ3) is 4.09. The van der Waals surface area contributed by atoms with Gasteiger partial charge in [0, 0.05) is 11.6 Å². The fourth-order valence-electron chi connectivity index (χ4n) is 1.89. The lowest BCUT2D eigenvalue weighted by Gasteiger charge is -2.00. The SMILES string of the molecule is CCCCCCn1nnc(CCCC)c1[N+](=O)[O-]. The Bertz CT molecular complexity index is 376. The number of hydrogen-bond acceptors (Lipinski definition) is 4. The number of unbranched alkanes of at least 4 members (excludes halogenated alkanes) is 4. The Morgan fingerprint density at radius 1 is 1.17 bits per heavy atom. The van der Waals surface area contributed by atoms with Gasteiger partial charge < -0.3 is 10.1 Å². The molecule has 0 aromatic carbocycles. The molecule has 18 heavy (non-hydrogen) atoms. The number of rotatable bonds is 9. The van der Waals surface area contributed by atoms with Crippen molar-refractivity contribution >= 4 is 5.82 Å². The van der Waals surface area contributed by atoms with Crippen LogP contribution in [0.2, 0.25) is 0 Å². The molecular weight excluding hydrogens is 232 g/mol. The monoisotopic (exact) mass is 254 g/mol. The maximum absolute atomic E-state index is 11.1. The molecule has 0 aliphatic rings. The molecule has 0 N–H and O–H groups in total. The highest BCUT2D eigenvalue weighted by atomic mass is 16.6. The van der Waals surface area contributed by atoms with Crippen molar-refractivity contribution in [2.24, 2.45) is 0 Å². The summed E-state index contributed by atoms with van der Waals surface area (Å²) in [5, 5.41) is 18.9. The summed E-state index contributed by atoms with van der Waals surface area (Å²) in [4.78, 5) is 10.7. The summed E-state index contributed by atoms with van der Waals surface area (Å²) in [6.07, 6.45) is 6.87. The quantitative estimate of drug-likeness (QED) is 0.385. The van der Waals surface area contributed by atoms with Gasteiger partial charge in [0.25, 0.3) is 0 Å². The minimum atomic E-state index is -0.356. The zero-order valence-electron chi connectivity index (χ0n) is 11.3. The molecule has 102 valence electrons. The van der Waals surface area contributed by atoms with Crippen LogP contribution in [0.15, 0.2) is 0 Å². The molecule has 0 spiro atoms. The molecule has 1 aromatic rings. The minimum Gasteiger partial charge on any atom is -0.358 e. The molecule has 6 nitrogen and oxygen atoms in total. The van der Waals surface area contributed by atoms with Crippen LogP contribution in [-0.4, -0.2) is 19.9 Å². The predicted octanol–water partition coefficient (Wildman–Crippen LogP) is 3.11. The van der Waals surface area contributed by atoms with Crippen molar-refractivity contribution in [2.75, 3.05) is 0 Å². The normalized spacial score (nSPS) is 10.8. The maximum atomic E-state index is 11.1. The molecule has 0 fully saturated rings. The predicted molar refractivity (Wildman–Crippen MR) is 69.4 cm³/mol. The van der Waals surface area contributed by atoms with Crippen LogP contribution in [0.5, 0.6) is 0 Å². The summed E-state index contributed by atoms with van der Waals surface area (Å²) in [6, 6.07) is 0. The topological polar surface area (TPSA) is 73.8 Å². The molecule has 0 amide bonds. The van der Waals surface area contributed by atoms with Gasteiger partial charge in [-0.05, 0) is 24.2 Å². The maximum Gasteiger partial charge on any atom is 0.368 e. The van der Waals surface area contributed by atoms with Crippen molar-refractivity contribution in [3.05, 3.63) is 15.8 Å². The number of nitro groups is 1. The van der Waals surface area contributed by atoms with Crippen LogP contribution in [0.3, 0.4) is 0 Å². The Labute approximate surface area is 108 Å². The average Bonchev–Trinajstić information content (AvgIpc) is 2.75. The van der Waals surface area contributed by atoms with Crippen LogP contribution < -0.4 is 0 Å². The number of hydrogen-bond donors (Lipinski definition) is 0. The molecule has 0 aliphatic heterocycles. The van der Waals surface area contributed by atoms with E-state index < -0.39 is 0 Å². The zero-order chi connectivity index (χ0) is 13.4. The summed E-state index contributed by atoms with van der Waals surface area (Å²) in [7, 11) is 0. The number of nitrogens with zero attached hydrogens (tertiary/aromatic N) is 4. The minimum absolute atomic E-state index is 0.0833. The number of aromatic nitrogens is 3. The van der Waals surface area contributed by atoms with Gasteiger partial charge in [-0.25, -0.2) is 0 Å². The number of aryl methyl sites for hydroxylation is 2. The highest BCUT2D eigenvalue weighted by Crippen LogP contribution is 2.18. The molecule has 0 atom stereocenters. The van der Waals surface area contributed by atoms with E-state index in [9.17, 15) is 10.1 Å². The molecule has 0 radical (unpaired) electrons. The van der Waals surface area contributed by atoms with Crippen LogP contribution in [0.4, 0.5) is 5.82 Å². The van der Waals surface area contributed by atoms with E-state index in [-0.39, 0.29) is 10.7 Å². The van der Waals surface area contributed by atoms with Crippen molar-refractivity contribution in [3.8, 4) is 0 Å². The summed E-state index contributed by atoms with van der Waals surface area (Å²) < 4.78 is 1.45. The van der Waals surface area contributed by atoms with Gasteiger partial charge in [0.05, 0.1) is 0 Å². The molecule has 1 heterocycles. The summed E-state index contributed by atoms with van der Waals surface area (Å²) in [6.45, 7) is 4.79. The lowest BCUT2D eigenvalue weighted by Crippen LogP contribution is -2.06. The van der Waals surface area contributed by atoms with E-state index in [4.69, 9.17) is 0 Å². The van der Waals surface area contributed by atoms with Crippen LogP contribution in [0, 0.1) is 10.1 Å². The van der Waals surface area contributed by atoms with E-state index in [1.807, 2.05) is 0 Å². The van der Waals surface area contributed by atoms with Crippen LogP contribution in [0.25, 0.3) is 0 Å². The molecular formula is C12H22N4O2. The van der Waals surface area contributed by atoms with E-state index in [2.05, 4.69) is 24.2 Å². The molecule has 0 aliphatic carbocycles. The zero-order valence-corrected chi connectivity index (χ0v) is 11.3. The second-order valence-corrected chi connectivity index (χ2v) is 4.50. The second kappa shape index (κ2) is 7.79. The fourth-order valence-corrected chi connectivity index (χ4v) is 1.89. The van der Waals surface area contributed by atoms with E-state index in [1.54, 1.807) is 0 Å². The van der Waals surface area contributed by atoms with E-state index >= 15 is 0 Å². The van der Waals surface area contributed by atoms with Crippen LogP contribution in [0.1, 0.15) is 58.1 Å². The van der Waals surface area contributed by atoms with Gasteiger partial charge in [-0.2, -0.15) is 0 Å². The van der Waals surface area contributed by atoms with Gasteiger partial charge in [0.1, 0.15) is 6.54 Å².